The smallest absolute Gasteiger partial charge is 0.330 e. The molecule has 102 valence electrons. The van der Waals surface area contributed by atoms with E-state index < -0.39 is 0 Å². The molecule has 0 atom stereocenters. The van der Waals surface area contributed by atoms with Gasteiger partial charge in [-0.2, -0.15) is 0 Å². The summed E-state index contributed by atoms with van der Waals surface area (Å²) >= 11 is 0. The number of carbonyl (C=O) groups is 1. The summed E-state index contributed by atoms with van der Waals surface area (Å²) in [6.45, 7) is 6.15. The summed E-state index contributed by atoms with van der Waals surface area (Å²) in [5, 5.41) is 0. The fraction of sp³-hybridized carbons (Fsp3) is 0.312. The first-order valence-electron chi connectivity index (χ1n) is 6.40. The minimum absolute atomic E-state index is 0.155. The predicted octanol–water partition coefficient (Wildman–Crippen LogP) is 3.61. The fourth-order valence-electron chi connectivity index (χ4n) is 1.45. The first kappa shape index (κ1) is 15.0. The van der Waals surface area contributed by atoms with Crippen molar-refractivity contribution in [1.82, 2.24) is 0 Å². The third kappa shape index (κ3) is 6.46. The minimum atomic E-state index is -0.330. The van der Waals surface area contributed by atoms with Crippen molar-refractivity contribution in [2.75, 3.05) is 6.61 Å². The molecular formula is C16H20O3. The Bertz CT molecular complexity index is 459. The zero-order valence-corrected chi connectivity index (χ0v) is 11.6. The number of carbonyl (C=O) groups excluding carboxylic acids is 1. The molecule has 0 bridgehead atoms. The molecule has 1 aromatic rings. The molecule has 0 unspecified atom stereocenters. The first-order valence-corrected chi connectivity index (χ1v) is 6.40. The van der Waals surface area contributed by atoms with Gasteiger partial charge in [-0.05, 0) is 38.5 Å². The molecule has 1 aromatic carbocycles. The lowest BCUT2D eigenvalue weighted by Crippen LogP contribution is -2.05. The SMILES string of the molecule is CCOC(=O)C=CC=Cc1cccc(OC(C)C)c1. The lowest BCUT2D eigenvalue weighted by molar-refractivity contribution is -0.137. The molecule has 0 saturated heterocycles. The van der Waals surface area contributed by atoms with Crippen LogP contribution in [0.15, 0.2) is 42.5 Å². The second-order valence-corrected chi connectivity index (χ2v) is 4.21. The number of hydrogen-bond donors (Lipinski definition) is 0. The maximum atomic E-state index is 11.1. The average molecular weight is 260 g/mol. The molecule has 0 spiro atoms. The second kappa shape index (κ2) is 8.14. The van der Waals surface area contributed by atoms with Crippen molar-refractivity contribution in [3.8, 4) is 5.75 Å². The maximum absolute atomic E-state index is 11.1. The highest BCUT2D eigenvalue weighted by Gasteiger charge is 1.97. The number of hydrogen-bond acceptors (Lipinski definition) is 3. The van der Waals surface area contributed by atoms with Crippen LogP contribution >= 0.6 is 0 Å². The highest BCUT2D eigenvalue weighted by atomic mass is 16.5. The average Bonchev–Trinajstić information content (AvgIpc) is 2.35. The largest absolute Gasteiger partial charge is 0.491 e. The van der Waals surface area contributed by atoms with Crippen LogP contribution in [0.2, 0.25) is 0 Å². The summed E-state index contributed by atoms with van der Waals surface area (Å²) in [4.78, 5) is 11.1. The van der Waals surface area contributed by atoms with Crippen molar-refractivity contribution in [2.24, 2.45) is 0 Å². The molecule has 1 rings (SSSR count). The summed E-state index contributed by atoms with van der Waals surface area (Å²) in [5.74, 6) is 0.510. The topological polar surface area (TPSA) is 35.5 Å². The van der Waals surface area contributed by atoms with E-state index in [2.05, 4.69) is 0 Å². The Kier molecular flexibility index (Phi) is 6.44. The molecular weight excluding hydrogens is 240 g/mol. The molecule has 0 radical (unpaired) electrons. The van der Waals surface area contributed by atoms with Crippen LogP contribution in [0.1, 0.15) is 26.3 Å². The van der Waals surface area contributed by atoms with Crippen LogP contribution in [0, 0.1) is 0 Å². The zero-order chi connectivity index (χ0) is 14.1. The Morgan fingerprint density at radius 1 is 1.32 bits per heavy atom. The Morgan fingerprint density at radius 3 is 2.79 bits per heavy atom. The van der Waals surface area contributed by atoms with E-state index in [-0.39, 0.29) is 12.1 Å². The summed E-state index contributed by atoms with van der Waals surface area (Å²) < 4.78 is 10.4. The van der Waals surface area contributed by atoms with Gasteiger partial charge in [0.2, 0.25) is 0 Å². The zero-order valence-electron chi connectivity index (χ0n) is 11.6. The summed E-state index contributed by atoms with van der Waals surface area (Å²) in [5.41, 5.74) is 1.02. The molecule has 0 aliphatic heterocycles. The quantitative estimate of drug-likeness (QED) is 0.445. The molecule has 3 nitrogen and oxygen atoms in total. The van der Waals surface area contributed by atoms with Gasteiger partial charge in [-0.25, -0.2) is 4.79 Å². The van der Waals surface area contributed by atoms with E-state index >= 15 is 0 Å². The van der Waals surface area contributed by atoms with Crippen molar-refractivity contribution in [3.05, 3.63) is 48.1 Å². The van der Waals surface area contributed by atoms with Gasteiger partial charge < -0.3 is 9.47 Å². The Labute approximate surface area is 114 Å². The van der Waals surface area contributed by atoms with Gasteiger partial charge in [0, 0.05) is 6.08 Å². The normalized spacial score (nSPS) is 11.4. The molecule has 0 aliphatic rings. The van der Waals surface area contributed by atoms with Crippen LogP contribution in [-0.4, -0.2) is 18.7 Å². The molecule has 19 heavy (non-hydrogen) atoms. The maximum Gasteiger partial charge on any atom is 0.330 e. The molecule has 0 N–H and O–H groups in total. The van der Waals surface area contributed by atoms with E-state index in [1.807, 2.05) is 44.2 Å². The van der Waals surface area contributed by atoms with Gasteiger partial charge in [0.1, 0.15) is 5.75 Å². The van der Waals surface area contributed by atoms with Crippen LogP contribution in [0.3, 0.4) is 0 Å². The third-order valence-corrected chi connectivity index (χ3v) is 2.15. The van der Waals surface area contributed by atoms with Gasteiger partial charge >= 0.3 is 5.97 Å². The number of ether oxygens (including phenoxy) is 2. The van der Waals surface area contributed by atoms with E-state index in [1.165, 1.54) is 6.08 Å². The standard InChI is InChI=1S/C16H20O3/c1-4-18-16(17)11-6-5-8-14-9-7-10-15(12-14)19-13(2)3/h5-13H,4H2,1-3H3. The molecule has 0 heterocycles. The molecule has 0 aliphatic carbocycles. The number of allylic oxidation sites excluding steroid dienone is 2. The lowest BCUT2D eigenvalue weighted by atomic mass is 10.2. The van der Waals surface area contributed by atoms with E-state index in [1.54, 1.807) is 19.1 Å². The number of rotatable bonds is 6. The number of esters is 1. The van der Waals surface area contributed by atoms with Gasteiger partial charge in [0.05, 0.1) is 12.7 Å². The molecule has 0 saturated carbocycles. The van der Waals surface area contributed by atoms with Crippen LogP contribution in [0.4, 0.5) is 0 Å². The van der Waals surface area contributed by atoms with Crippen molar-refractivity contribution in [2.45, 2.75) is 26.9 Å². The summed E-state index contributed by atoms with van der Waals surface area (Å²) in [7, 11) is 0. The fourth-order valence-corrected chi connectivity index (χ4v) is 1.45. The summed E-state index contributed by atoms with van der Waals surface area (Å²) in [6, 6.07) is 7.79. The highest BCUT2D eigenvalue weighted by molar-refractivity contribution is 5.82. The van der Waals surface area contributed by atoms with Crippen LogP contribution in [0.25, 0.3) is 6.08 Å². The van der Waals surface area contributed by atoms with Crippen molar-refractivity contribution >= 4 is 12.0 Å². The van der Waals surface area contributed by atoms with E-state index in [0.29, 0.717) is 6.61 Å². The van der Waals surface area contributed by atoms with E-state index in [0.717, 1.165) is 11.3 Å². The molecule has 0 amide bonds. The Morgan fingerprint density at radius 2 is 2.11 bits per heavy atom. The first-order chi connectivity index (χ1) is 9.11. The second-order valence-electron chi connectivity index (χ2n) is 4.21. The Balaban J connectivity index is 2.59. The van der Waals surface area contributed by atoms with Crippen LogP contribution in [-0.2, 0) is 9.53 Å². The van der Waals surface area contributed by atoms with Crippen molar-refractivity contribution in [3.63, 3.8) is 0 Å². The van der Waals surface area contributed by atoms with Crippen molar-refractivity contribution < 1.29 is 14.3 Å². The molecule has 3 heteroatoms. The monoisotopic (exact) mass is 260 g/mol. The molecule has 0 aromatic heterocycles. The van der Waals surface area contributed by atoms with Gasteiger partial charge in [0.15, 0.2) is 0 Å². The summed E-state index contributed by atoms with van der Waals surface area (Å²) in [6.07, 6.45) is 6.92. The Hall–Kier alpha value is -2.03. The van der Waals surface area contributed by atoms with Gasteiger partial charge in [-0.1, -0.05) is 30.4 Å². The molecule has 0 fully saturated rings. The van der Waals surface area contributed by atoms with Crippen LogP contribution < -0.4 is 4.74 Å². The minimum Gasteiger partial charge on any atom is -0.491 e. The van der Waals surface area contributed by atoms with Gasteiger partial charge in [-0.15, -0.1) is 0 Å². The van der Waals surface area contributed by atoms with Gasteiger partial charge in [0.25, 0.3) is 0 Å². The third-order valence-electron chi connectivity index (χ3n) is 2.15. The predicted molar refractivity (Wildman–Crippen MR) is 77.0 cm³/mol. The van der Waals surface area contributed by atoms with Gasteiger partial charge in [-0.3, -0.25) is 0 Å². The highest BCUT2D eigenvalue weighted by Crippen LogP contribution is 2.15. The lowest BCUT2D eigenvalue weighted by Gasteiger charge is -2.09. The van der Waals surface area contributed by atoms with Crippen molar-refractivity contribution in [1.29, 1.82) is 0 Å². The number of benzene rings is 1. The van der Waals surface area contributed by atoms with Crippen LogP contribution in [0.5, 0.6) is 5.75 Å². The van der Waals surface area contributed by atoms with E-state index in [4.69, 9.17) is 9.47 Å². The van der Waals surface area contributed by atoms with E-state index in [9.17, 15) is 4.79 Å².